The molecule has 21 heavy (non-hydrogen) atoms. The first-order valence-corrected chi connectivity index (χ1v) is 6.96. The summed E-state index contributed by atoms with van der Waals surface area (Å²) in [6, 6.07) is 11.6. The summed E-state index contributed by atoms with van der Waals surface area (Å²) in [6.07, 6.45) is -0.632. The van der Waals surface area contributed by atoms with Crippen molar-refractivity contribution < 1.29 is 9.72 Å². The van der Waals surface area contributed by atoms with Gasteiger partial charge in [0.25, 0.3) is 11.6 Å². The molecule has 1 heterocycles. The SMILES string of the molecule is O=C1NC(c2ccccc2[N+](=O)[O-])Nc2ccc(Br)cc21. The molecule has 3 rings (SSSR count). The quantitative estimate of drug-likeness (QED) is 0.645. The van der Waals surface area contributed by atoms with Gasteiger partial charge in [0.05, 0.1) is 16.1 Å². The van der Waals surface area contributed by atoms with E-state index in [2.05, 4.69) is 26.6 Å². The fraction of sp³-hybridized carbons (Fsp3) is 0.0714. The van der Waals surface area contributed by atoms with Gasteiger partial charge in [-0.3, -0.25) is 14.9 Å². The molecule has 0 saturated heterocycles. The molecule has 2 aromatic carbocycles. The lowest BCUT2D eigenvalue weighted by Crippen LogP contribution is -2.38. The van der Waals surface area contributed by atoms with Crippen LogP contribution < -0.4 is 10.6 Å². The number of halogens is 1. The number of anilines is 1. The summed E-state index contributed by atoms with van der Waals surface area (Å²) >= 11 is 3.31. The van der Waals surface area contributed by atoms with E-state index in [0.29, 0.717) is 16.8 Å². The number of carbonyl (C=O) groups excluding carboxylic acids is 1. The van der Waals surface area contributed by atoms with Crippen molar-refractivity contribution in [1.82, 2.24) is 5.32 Å². The molecule has 0 spiro atoms. The minimum atomic E-state index is -0.632. The molecule has 0 saturated carbocycles. The van der Waals surface area contributed by atoms with E-state index in [-0.39, 0.29) is 11.6 Å². The minimum Gasteiger partial charge on any atom is -0.361 e. The molecule has 1 atom stereocenters. The monoisotopic (exact) mass is 347 g/mol. The summed E-state index contributed by atoms with van der Waals surface area (Å²) < 4.78 is 0.794. The highest BCUT2D eigenvalue weighted by Gasteiger charge is 2.29. The number of hydrogen-bond acceptors (Lipinski definition) is 4. The van der Waals surface area contributed by atoms with E-state index in [1.165, 1.54) is 6.07 Å². The van der Waals surface area contributed by atoms with Gasteiger partial charge in [-0.15, -0.1) is 0 Å². The highest BCUT2D eigenvalue weighted by Crippen LogP contribution is 2.32. The van der Waals surface area contributed by atoms with Crippen LogP contribution >= 0.6 is 15.9 Å². The molecule has 106 valence electrons. The molecule has 1 aliphatic heterocycles. The molecule has 0 bridgehead atoms. The summed E-state index contributed by atoms with van der Waals surface area (Å²) in [7, 11) is 0. The van der Waals surface area contributed by atoms with E-state index < -0.39 is 11.1 Å². The molecular formula is C14H10BrN3O3. The third kappa shape index (κ3) is 2.47. The van der Waals surface area contributed by atoms with E-state index >= 15 is 0 Å². The van der Waals surface area contributed by atoms with Gasteiger partial charge in [0.15, 0.2) is 0 Å². The van der Waals surface area contributed by atoms with Gasteiger partial charge in [-0.2, -0.15) is 0 Å². The Balaban J connectivity index is 2.02. The van der Waals surface area contributed by atoms with Crippen LogP contribution in [-0.4, -0.2) is 10.8 Å². The molecule has 1 unspecified atom stereocenters. The maximum Gasteiger partial charge on any atom is 0.276 e. The van der Waals surface area contributed by atoms with Crippen LogP contribution in [0.5, 0.6) is 0 Å². The van der Waals surface area contributed by atoms with Crippen LogP contribution in [0.2, 0.25) is 0 Å². The number of nitro groups is 1. The van der Waals surface area contributed by atoms with Gasteiger partial charge in [0.1, 0.15) is 6.17 Å². The number of amides is 1. The number of fused-ring (bicyclic) bond motifs is 1. The van der Waals surface area contributed by atoms with E-state index in [4.69, 9.17) is 0 Å². The zero-order chi connectivity index (χ0) is 15.0. The molecule has 0 fully saturated rings. The minimum absolute atomic E-state index is 0.0316. The lowest BCUT2D eigenvalue weighted by atomic mass is 10.0. The van der Waals surface area contributed by atoms with Crippen LogP contribution in [0.1, 0.15) is 22.1 Å². The Bertz CT molecular complexity index is 748. The fourth-order valence-electron chi connectivity index (χ4n) is 2.28. The van der Waals surface area contributed by atoms with Gasteiger partial charge in [-0.05, 0) is 24.3 Å². The number of nitrogens with zero attached hydrogens (tertiary/aromatic N) is 1. The van der Waals surface area contributed by atoms with Crippen LogP contribution in [0.3, 0.4) is 0 Å². The van der Waals surface area contributed by atoms with E-state index in [9.17, 15) is 14.9 Å². The summed E-state index contributed by atoms with van der Waals surface area (Å²) in [5, 5.41) is 16.9. The van der Waals surface area contributed by atoms with Gasteiger partial charge in [-0.25, -0.2) is 0 Å². The Morgan fingerprint density at radius 1 is 1.14 bits per heavy atom. The second kappa shape index (κ2) is 5.17. The Hall–Kier alpha value is -2.41. The van der Waals surface area contributed by atoms with Gasteiger partial charge in [-0.1, -0.05) is 28.1 Å². The Labute approximate surface area is 128 Å². The van der Waals surface area contributed by atoms with Crippen LogP contribution in [-0.2, 0) is 0 Å². The topological polar surface area (TPSA) is 84.3 Å². The summed E-state index contributed by atoms with van der Waals surface area (Å²) in [4.78, 5) is 22.8. The Morgan fingerprint density at radius 3 is 2.67 bits per heavy atom. The van der Waals surface area contributed by atoms with Gasteiger partial charge >= 0.3 is 0 Å². The number of rotatable bonds is 2. The van der Waals surface area contributed by atoms with Crippen LogP contribution in [0.15, 0.2) is 46.9 Å². The second-order valence-electron chi connectivity index (χ2n) is 4.56. The van der Waals surface area contributed by atoms with Crippen molar-refractivity contribution in [2.45, 2.75) is 6.17 Å². The average Bonchev–Trinajstić information content (AvgIpc) is 2.47. The molecule has 1 aliphatic rings. The molecule has 7 heteroatoms. The maximum atomic E-state index is 12.2. The van der Waals surface area contributed by atoms with Crippen molar-refractivity contribution >= 4 is 33.2 Å². The molecular weight excluding hydrogens is 338 g/mol. The van der Waals surface area contributed by atoms with Gasteiger partial charge in [0.2, 0.25) is 0 Å². The van der Waals surface area contributed by atoms with E-state index in [0.717, 1.165) is 4.47 Å². The van der Waals surface area contributed by atoms with Crippen LogP contribution in [0.4, 0.5) is 11.4 Å². The first-order valence-electron chi connectivity index (χ1n) is 6.16. The highest BCUT2D eigenvalue weighted by atomic mass is 79.9. The predicted molar refractivity (Wildman–Crippen MR) is 81.1 cm³/mol. The summed E-state index contributed by atoms with van der Waals surface area (Å²) in [6.45, 7) is 0. The number of hydrogen-bond donors (Lipinski definition) is 2. The van der Waals surface area contributed by atoms with Crippen molar-refractivity contribution in [1.29, 1.82) is 0 Å². The molecule has 0 radical (unpaired) electrons. The smallest absolute Gasteiger partial charge is 0.276 e. The first-order chi connectivity index (χ1) is 10.1. The molecule has 0 aromatic heterocycles. The third-order valence-corrected chi connectivity index (χ3v) is 3.74. The lowest BCUT2D eigenvalue weighted by molar-refractivity contribution is -0.385. The number of nitro benzene ring substituents is 1. The van der Waals surface area contributed by atoms with Crippen molar-refractivity contribution in [3.05, 3.63) is 68.2 Å². The first kappa shape index (κ1) is 13.6. The molecule has 6 nitrogen and oxygen atoms in total. The van der Waals surface area contributed by atoms with E-state index in [1.54, 1.807) is 36.4 Å². The van der Waals surface area contributed by atoms with Crippen LogP contribution in [0, 0.1) is 10.1 Å². The summed E-state index contributed by atoms with van der Waals surface area (Å²) in [5.41, 5.74) is 1.53. The standard InChI is InChI=1S/C14H10BrN3O3/c15-8-5-6-11-10(7-8)14(19)17-13(16-11)9-3-1-2-4-12(9)18(20)21/h1-7,13,16H,(H,17,19). The van der Waals surface area contributed by atoms with Gasteiger partial charge < -0.3 is 10.6 Å². The van der Waals surface area contributed by atoms with Crippen molar-refractivity contribution in [3.63, 3.8) is 0 Å². The van der Waals surface area contributed by atoms with Crippen molar-refractivity contribution in [2.75, 3.05) is 5.32 Å². The summed E-state index contributed by atoms with van der Waals surface area (Å²) in [5.74, 6) is -0.270. The molecule has 2 N–H and O–H groups in total. The normalized spacial score (nSPS) is 16.6. The number of carbonyl (C=O) groups is 1. The highest BCUT2D eigenvalue weighted by molar-refractivity contribution is 9.10. The largest absolute Gasteiger partial charge is 0.361 e. The zero-order valence-electron chi connectivity index (χ0n) is 10.7. The van der Waals surface area contributed by atoms with Gasteiger partial charge in [0, 0.05) is 16.2 Å². The number of benzene rings is 2. The predicted octanol–water partition coefficient (Wildman–Crippen LogP) is 3.21. The number of nitrogens with one attached hydrogen (secondary N) is 2. The number of para-hydroxylation sites is 1. The van der Waals surface area contributed by atoms with E-state index in [1.807, 2.05) is 0 Å². The zero-order valence-corrected chi connectivity index (χ0v) is 12.3. The van der Waals surface area contributed by atoms with Crippen molar-refractivity contribution in [2.24, 2.45) is 0 Å². The average molecular weight is 348 g/mol. The molecule has 2 aromatic rings. The molecule has 0 aliphatic carbocycles. The lowest BCUT2D eigenvalue weighted by Gasteiger charge is -2.28. The van der Waals surface area contributed by atoms with Crippen LogP contribution in [0.25, 0.3) is 0 Å². The third-order valence-electron chi connectivity index (χ3n) is 3.25. The molecule has 1 amide bonds. The second-order valence-corrected chi connectivity index (χ2v) is 5.47. The van der Waals surface area contributed by atoms with Crippen molar-refractivity contribution in [3.8, 4) is 0 Å². The Kier molecular flexibility index (Phi) is 3.34. The fourth-order valence-corrected chi connectivity index (χ4v) is 2.65. The maximum absolute atomic E-state index is 12.2. The Morgan fingerprint density at radius 2 is 1.90 bits per heavy atom.